The summed E-state index contributed by atoms with van der Waals surface area (Å²) in [7, 11) is -5.00. The summed E-state index contributed by atoms with van der Waals surface area (Å²) in [6, 6.07) is 23.1. The maximum Gasteiger partial charge on any atom is 1.00 e. The van der Waals surface area contributed by atoms with Crippen molar-refractivity contribution < 1.29 is 96.2 Å². The average molecular weight is 912 g/mol. The van der Waals surface area contributed by atoms with E-state index in [0.29, 0.717) is 64.3 Å². The van der Waals surface area contributed by atoms with Crippen molar-refractivity contribution in [3.63, 3.8) is 0 Å². The van der Waals surface area contributed by atoms with Crippen LogP contribution in [0.2, 0.25) is 10.6 Å². The van der Waals surface area contributed by atoms with Gasteiger partial charge in [0.15, 0.2) is 0 Å². The molecule has 300 valence electrons. The molecule has 0 saturated heterocycles. The molecule has 0 saturated carbocycles. The fraction of sp³-hybridized carbons (Fsp3) is 0.111. The molecule has 0 amide bonds. The number of hydrogen-bond donors (Lipinski definition) is 4. The van der Waals surface area contributed by atoms with Gasteiger partial charge in [0.1, 0.15) is 21.6 Å². The first-order valence-corrected chi connectivity index (χ1v) is 19.8. The van der Waals surface area contributed by atoms with Crippen LogP contribution in [0.25, 0.3) is 12.2 Å². The molecule has 2 aromatic heterocycles. The van der Waals surface area contributed by atoms with Crippen LogP contribution in [0.5, 0.6) is 11.5 Å². The minimum atomic E-state index is -5.00. The van der Waals surface area contributed by atoms with Gasteiger partial charge in [-0.3, -0.25) is 5.04 Å². The maximum atomic E-state index is 12.4. The molecule has 0 radical (unpaired) electrons. The van der Waals surface area contributed by atoms with Crippen molar-refractivity contribution in [3.8, 4) is 11.5 Å². The number of ether oxygens (including phenoxy) is 2. The van der Waals surface area contributed by atoms with E-state index < -0.39 is 15.0 Å². The van der Waals surface area contributed by atoms with E-state index in [4.69, 9.17) is 32.7 Å². The topological polar surface area (TPSA) is 243 Å². The van der Waals surface area contributed by atoms with Gasteiger partial charge in [0.2, 0.25) is 34.4 Å². The summed E-state index contributed by atoms with van der Waals surface area (Å²) < 4.78 is 52.8. The second-order valence-electron chi connectivity index (χ2n) is 11.4. The summed E-state index contributed by atoms with van der Waals surface area (Å²) in [5, 5.41) is 26.0. The van der Waals surface area contributed by atoms with Crippen LogP contribution in [-0.4, -0.2) is 56.1 Å². The normalized spacial score (nSPS) is 11.0. The van der Waals surface area contributed by atoms with Crippen LogP contribution in [0.4, 0.5) is 46.5 Å². The zero-order valence-corrected chi connectivity index (χ0v) is 39.3. The molecule has 0 fully saturated rings. The third-order valence-electron chi connectivity index (χ3n) is 7.46. The summed E-state index contributed by atoms with van der Waals surface area (Å²) in [5.41, 5.74) is 2.43. The predicted octanol–water partition coefficient (Wildman–Crippen LogP) is 1.45. The Bertz CT molecular complexity index is 2520. The molecule has 6 rings (SSSR count). The summed E-state index contributed by atoms with van der Waals surface area (Å²) in [6.07, 6.45) is 2.92. The number of anilines is 8. The first-order chi connectivity index (χ1) is 28.0. The third kappa shape index (κ3) is 14.4. The summed E-state index contributed by atoms with van der Waals surface area (Å²) in [5.74, 6) is 1.72. The van der Waals surface area contributed by atoms with Gasteiger partial charge >= 0.3 is 59.1 Å². The molecule has 0 atom stereocenters. The Hall–Kier alpha value is -3.84. The van der Waals surface area contributed by atoms with E-state index in [1.165, 1.54) is 24.3 Å². The quantitative estimate of drug-likeness (QED) is 0.0238. The third-order valence-corrected chi connectivity index (χ3v) is 9.35. The van der Waals surface area contributed by atoms with E-state index in [1.54, 1.807) is 66.7 Å². The van der Waals surface area contributed by atoms with E-state index >= 15 is 0 Å². The zero-order chi connectivity index (χ0) is 41.1. The molecule has 2 heterocycles. The SMILES string of the molecule is CCOc1ccc(Nc2nc(Cl)nc(Nc3ccc(/C=C/c4ccc(Nc5nc(Cl)nc(Nc6ccc(OCC)cc6)n5)cc4S(=O)(=O)[O-])c(SOO[O-])c3)n2)cc1.[Na+].[Na+]. The van der Waals surface area contributed by atoms with Gasteiger partial charge in [-0.2, -0.15) is 34.2 Å². The van der Waals surface area contributed by atoms with Gasteiger partial charge in [0, 0.05) is 27.6 Å². The molecule has 0 aliphatic heterocycles. The molecule has 0 aliphatic carbocycles. The van der Waals surface area contributed by atoms with Crippen molar-refractivity contribution in [2.45, 2.75) is 23.6 Å². The Morgan fingerprint density at radius 2 is 1.02 bits per heavy atom. The van der Waals surface area contributed by atoms with Crippen LogP contribution in [0.1, 0.15) is 25.0 Å². The van der Waals surface area contributed by atoms with Gasteiger partial charge in [0.05, 0.1) is 30.2 Å². The van der Waals surface area contributed by atoms with Gasteiger partial charge in [-0.15, -0.1) is 0 Å². The van der Waals surface area contributed by atoms with Crippen LogP contribution in [0.3, 0.4) is 0 Å². The molecule has 0 bridgehead atoms. The van der Waals surface area contributed by atoms with Crippen LogP contribution in [-0.2, 0) is 19.5 Å². The van der Waals surface area contributed by atoms with Crippen LogP contribution < -0.4 is 95.1 Å². The number of nitrogens with one attached hydrogen (secondary N) is 4. The number of nitrogens with zero attached hydrogens (tertiary/aromatic N) is 6. The second kappa shape index (κ2) is 23.4. The summed E-state index contributed by atoms with van der Waals surface area (Å²) >= 11 is 12.9. The van der Waals surface area contributed by atoms with Gasteiger partial charge in [-0.25, -0.2) is 8.42 Å². The Kier molecular flexibility index (Phi) is 19.0. The van der Waals surface area contributed by atoms with Gasteiger partial charge in [-0.1, -0.05) is 24.3 Å². The Morgan fingerprint density at radius 1 is 0.617 bits per heavy atom. The molecule has 0 unspecified atom stereocenters. The molecule has 24 heteroatoms. The van der Waals surface area contributed by atoms with Crippen molar-refractivity contribution in [3.05, 3.63) is 107 Å². The molecule has 4 N–H and O–H groups in total. The van der Waals surface area contributed by atoms with E-state index in [1.807, 2.05) is 13.8 Å². The number of aromatic nitrogens is 6. The standard InChI is InChI=1S/C36H32Cl2N10O8S2.2Na/c1-3-53-27-15-11-23(12-16-27)39-33-43-31(37)45-35(47-33)41-25-9-7-21(29(19-25)57-56-55-49)5-6-22-8-10-26(20-30(22)58(50,51)52)42-36-46-32(38)44-34(48-36)40-24-13-17-28(18-14-24)54-4-2;;/h5-20,49H,3-4H2,1-2H3,(H,50,51,52)(H2,39,41,43,45,47)(H2,40,42,44,46,48);;/q;2*+1/p-2/b6-5+;;. The summed E-state index contributed by atoms with van der Waals surface area (Å²) in [4.78, 5) is 24.8. The molecular weight excluding hydrogens is 881 g/mol. The van der Waals surface area contributed by atoms with Gasteiger partial charge in [-0.05, 0) is 121 Å². The van der Waals surface area contributed by atoms with Crippen molar-refractivity contribution in [1.82, 2.24) is 29.9 Å². The van der Waals surface area contributed by atoms with Crippen molar-refractivity contribution in [2.75, 3.05) is 34.5 Å². The molecule has 0 aliphatic rings. The first kappa shape index (κ1) is 48.8. The van der Waals surface area contributed by atoms with Gasteiger partial charge < -0.3 is 40.6 Å². The first-order valence-electron chi connectivity index (χ1n) is 16.9. The zero-order valence-electron chi connectivity index (χ0n) is 32.2. The molecular formula is C36H30Cl2N10Na2O8S2. The Balaban J connectivity index is 0.00000397. The monoisotopic (exact) mass is 910 g/mol. The molecule has 18 nitrogen and oxygen atoms in total. The Labute approximate surface area is 402 Å². The molecule has 6 aromatic rings. The fourth-order valence-corrected chi connectivity index (χ4v) is 6.59. The fourth-order valence-electron chi connectivity index (χ4n) is 5.06. The van der Waals surface area contributed by atoms with E-state index in [9.17, 15) is 18.2 Å². The number of benzene rings is 4. The van der Waals surface area contributed by atoms with E-state index in [-0.39, 0.29) is 105 Å². The van der Waals surface area contributed by atoms with Crippen LogP contribution in [0, 0.1) is 0 Å². The average Bonchev–Trinajstić information content (AvgIpc) is 3.18. The number of halogens is 2. The largest absolute Gasteiger partial charge is 1.00 e. The summed E-state index contributed by atoms with van der Waals surface area (Å²) in [6.45, 7) is 4.82. The number of rotatable bonds is 18. The van der Waals surface area contributed by atoms with Crippen molar-refractivity contribution in [1.29, 1.82) is 0 Å². The van der Waals surface area contributed by atoms with E-state index in [0.717, 1.165) is 6.07 Å². The number of hydrogen-bond acceptors (Lipinski definition) is 19. The predicted molar refractivity (Wildman–Crippen MR) is 216 cm³/mol. The minimum absolute atomic E-state index is 0. The second-order valence-corrected chi connectivity index (χ2v) is 14.2. The van der Waals surface area contributed by atoms with Crippen LogP contribution >= 0.6 is 35.2 Å². The smallest absolute Gasteiger partial charge is 0.744 e. The van der Waals surface area contributed by atoms with E-state index in [2.05, 4.69) is 60.5 Å². The van der Waals surface area contributed by atoms with Crippen molar-refractivity contribution >= 4 is 104 Å². The van der Waals surface area contributed by atoms with Gasteiger partial charge in [0.25, 0.3) is 0 Å². The molecule has 4 aromatic carbocycles. The Morgan fingerprint density at radius 3 is 1.45 bits per heavy atom. The van der Waals surface area contributed by atoms with Crippen molar-refractivity contribution in [2.24, 2.45) is 0 Å². The minimum Gasteiger partial charge on any atom is -0.744 e. The maximum absolute atomic E-state index is 12.4. The molecule has 0 spiro atoms. The molecule has 60 heavy (non-hydrogen) atoms. The van der Waals surface area contributed by atoms with Crippen LogP contribution in [0.15, 0.2) is 94.7 Å².